The topological polar surface area (TPSA) is 79.5 Å². The summed E-state index contributed by atoms with van der Waals surface area (Å²) in [5.74, 6) is 0.631. The van der Waals surface area contributed by atoms with Gasteiger partial charge in [0.25, 0.3) is 5.91 Å². The summed E-state index contributed by atoms with van der Waals surface area (Å²) in [5, 5.41) is 9.64. The highest BCUT2D eigenvalue weighted by molar-refractivity contribution is 7.22. The normalized spacial score (nSPS) is 15.4. The highest BCUT2D eigenvalue weighted by atomic mass is 32.1. The van der Waals surface area contributed by atoms with Crippen LogP contribution < -0.4 is 5.73 Å². The van der Waals surface area contributed by atoms with E-state index < -0.39 is 0 Å². The number of aromatic nitrogens is 1. The van der Waals surface area contributed by atoms with Gasteiger partial charge in [0.15, 0.2) is 5.13 Å². The van der Waals surface area contributed by atoms with Crippen molar-refractivity contribution in [3.63, 3.8) is 0 Å². The van der Waals surface area contributed by atoms with Gasteiger partial charge in [-0.15, -0.1) is 0 Å². The largest absolute Gasteiger partial charge is 0.396 e. The standard InChI is InChI=1S/C21H23N3O2S/c22-21-23-18-6-5-17(13-19(18)27-21)15-1-3-16(4-2-15)20(26)24-10-7-14(8-11-24)9-12-25/h1-6,13-14,25H,7-12H2,(H2,22,23). The van der Waals surface area contributed by atoms with Crippen LogP contribution in [0.4, 0.5) is 5.13 Å². The number of fused-ring (bicyclic) bond motifs is 1. The van der Waals surface area contributed by atoms with Crippen molar-refractivity contribution in [1.29, 1.82) is 0 Å². The van der Waals surface area contributed by atoms with Gasteiger partial charge in [0.05, 0.1) is 10.2 Å². The Morgan fingerprint density at radius 3 is 2.56 bits per heavy atom. The average molecular weight is 382 g/mol. The number of nitrogen functional groups attached to an aromatic ring is 1. The van der Waals surface area contributed by atoms with Crippen LogP contribution in [0, 0.1) is 5.92 Å². The maximum Gasteiger partial charge on any atom is 0.253 e. The first-order chi connectivity index (χ1) is 13.1. The van der Waals surface area contributed by atoms with Crippen LogP contribution in [0.15, 0.2) is 42.5 Å². The first-order valence-corrected chi connectivity index (χ1v) is 10.1. The highest BCUT2D eigenvalue weighted by Crippen LogP contribution is 2.29. The lowest BCUT2D eigenvalue weighted by molar-refractivity contribution is 0.0678. The summed E-state index contributed by atoms with van der Waals surface area (Å²) in [7, 11) is 0. The molecule has 1 aromatic heterocycles. The molecular formula is C21H23N3O2S. The summed E-state index contributed by atoms with van der Waals surface area (Å²) in [6, 6.07) is 13.9. The number of benzene rings is 2. The van der Waals surface area contributed by atoms with Crippen molar-refractivity contribution in [2.24, 2.45) is 5.92 Å². The molecule has 1 aliphatic heterocycles. The lowest BCUT2D eigenvalue weighted by Gasteiger charge is -2.31. The van der Waals surface area contributed by atoms with Gasteiger partial charge >= 0.3 is 0 Å². The molecule has 2 aromatic carbocycles. The van der Waals surface area contributed by atoms with Crippen LogP contribution in [-0.4, -0.2) is 40.6 Å². The van der Waals surface area contributed by atoms with E-state index in [9.17, 15) is 4.79 Å². The third-order valence-electron chi connectivity index (χ3n) is 5.31. The van der Waals surface area contributed by atoms with E-state index in [4.69, 9.17) is 10.8 Å². The summed E-state index contributed by atoms with van der Waals surface area (Å²) in [6.45, 7) is 1.78. The van der Waals surface area contributed by atoms with E-state index in [1.165, 1.54) is 11.3 Å². The Morgan fingerprint density at radius 2 is 1.85 bits per heavy atom. The summed E-state index contributed by atoms with van der Waals surface area (Å²) in [6.07, 6.45) is 2.79. The number of hydrogen-bond donors (Lipinski definition) is 2. The van der Waals surface area contributed by atoms with E-state index in [2.05, 4.69) is 11.1 Å². The number of amides is 1. The molecule has 1 saturated heterocycles. The molecule has 0 bridgehead atoms. The minimum Gasteiger partial charge on any atom is -0.396 e. The van der Waals surface area contributed by atoms with Gasteiger partial charge in [-0.3, -0.25) is 4.79 Å². The number of nitrogens with two attached hydrogens (primary N) is 1. The third-order valence-corrected chi connectivity index (χ3v) is 6.16. The Kier molecular flexibility index (Phi) is 5.09. The van der Waals surface area contributed by atoms with Crippen LogP contribution in [0.1, 0.15) is 29.6 Å². The first kappa shape index (κ1) is 17.9. The van der Waals surface area contributed by atoms with Crippen LogP contribution >= 0.6 is 11.3 Å². The molecule has 3 aromatic rings. The van der Waals surface area contributed by atoms with Gasteiger partial charge in [-0.2, -0.15) is 0 Å². The molecule has 5 nitrogen and oxygen atoms in total. The first-order valence-electron chi connectivity index (χ1n) is 9.30. The van der Waals surface area contributed by atoms with Crippen molar-refractivity contribution in [1.82, 2.24) is 9.88 Å². The second-order valence-electron chi connectivity index (χ2n) is 7.06. The van der Waals surface area contributed by atoms with Crippen molar-refractivity contribution in [2.45, 2.75) is 19.3 Å². The van der Waals surface area contributed by atoms with Crippen molar-refractivity contribution in [3.05, 3.63) is 48.0 Å². The van der Waals surface area contributed by atoms with Gasteiger partial charge < -0.3 is 15.7 Å². The maximum atomic E-state index is 12.7. The molecule has 0 radical (unpaired) electrons. The van der Waals surface area contributed by atoms with Crippen LogP contribution in [0.3, 0.4) is 0 Å². The third kappa shape index (κ3) is 3.82. The number of carbonyl (C=O) groups is 1. The molecule has 6 heteroatoms. The Balaban J connectivity index is 1.47. The van der Waals surface area contributed by atoms with Crippen molar-refractivity contribution in [2.75, 3.05) is 25.4 Å². The number of hydrogen-bond acceptors (Lipinski definition) is 5. The van der Waals surface area contributed by atoms with E-state index in [0.717, 1.165) is 59.3 Å². The highest BCUT2D eigenvalue weighted by Gasteiger charge is 2.23. The summed E-state index contributed by atoms with van der Waals surface area (Å²) in [5.41, 5.74) is 9.58. The van der Waals surface area contributed by atoms with Gasteiger partial charge in [0, 0.05) is 25.3 Å². The molecule has 1 aliphatic rings. The fourth-order valence-corrected chi connectivity index (χ4v) is 4.49. The minimum absolute atomic E-state index is 0.0923. The molecular weight excluding hydrogens is 358 g/mol. The zero-order valence-corrected chi connectivity index (χ0v) is 15.9. The SMILES string of the molecule is Nc1nc2ccc(-c3ccc(C(=O)N4CCC(CCO)CC4)cc3)cc2s1. The predicted octanol–water partition coefficient (Wildman–Crippen LogP) is 3.78. The summed E-state index contributed by atoms with van der Waals surface area (Å²) in [4.78, 5) is 19.0. The van der Waals surface area contributed by atoms with Crippen LogP contribution in [-0.2, 0) is 0 Å². The second kappa shape index (κ2) is 7.66. The molecule has 27 heavy (non-hydrogen) atoms. The number of aliphatic hydroxyl groups is 1. The van der Waals surface area contributed by atoms with E-state index in [0.29, 0.717) is 11.0 Å². The lowest BCUT2D eigenvalue weighted by Crippen LogP contribution is -2.38. The zero-order valence-electron chi connectivity index (χ0n) is 15.1. The smallest absolute Gasteiger partial charge is 0.253 e. The maximum absolute atomic E-state index is 12.7. The quantitative estimate of drug-likeness (QED) is 0.721. The number of nitrogens with zero attached hydrogens (tertiary/aromatic N) is 2. The Bertz CT molecular complexity index is 944. The number of anilines is 1. The molecule has 3 N–H and O–H groups in total. The van der Waals surface area contributed by atoms with Gasteiger partial charge in [-0.25, -0.2) is 4.98 Å². The molecule has 2 heterocycles. The Labute approximate surface area is 162 Å². The van der Waals surface area contributed by atoms with E-state index in [1.807, 2.05) is 41.3 Å². The summed E-state index contributed by atoms with van der Waals surface area (Å²) < 4.78 is 1.07. The van der Waals surface area contributed by atoms with Gasteiger partial charge in [0.1, 0.15) is 0 Å². The second-order valence-corrected chi connectivity index (χ2v) is 8.12. The minimum atomic E-state index is 0.0923. The van der Waals surface area contributed by atoms with Gasteiger partial charge in [-0.1, -0.05) is 29.5 Å². The Hall–Kier alpha value is -2.44. The number of rotatable bonds is 4. The van der Waals surface area contributed by atoms with Gasteiger partial charge in [0.2, 0.25) is 0 Å². The van der Waals surface area contributed by atoms with Gasteiger partial charge in [-0.05, 0) is 60.6 Å². The molecule has 0 unspecified atom stereocenters. The number of aliphatic hydroxyl groups excluding tert-OH is 1. The molecule has 0 spiro atoms. The van der Waals surface area contributed by atoms with Crippen molar-refractivity contribution < 1.29 is 9.90 Å². The number of thiazole rings is 1. The molecule has 0 aliphatic carbocycles. The Morgan fingerprint density at radius 1 is 1.15 bits per heavy atom. The molecule has 0 atom stereocenters. The van der Waals surface area contributed by atoms with Crippen LogP contribution in [0.2, 0.25) is 0 Å². The predicted molar refractivity (Wildman–Crippen MR) is 110 cm³/mol. The zero-order chi connectivity index (χ0) is 18.8. The number of likely N-dealkylation sites (tertiary alicyclic amines) is 1. The van der Waals surface area contributed by atoms with Crippen LogP contribution in [0.25, 0.3) is 21.3 Å². The van der Waals surface area contributed by atoms with E-state index in [1.54, 1.807) is 0 Å². The fourth-order valence-electron chi connectivity index (χ4n) is 3.72. The van der Waals surface area contributed by atoms with Crippen molar-refractivity contribution >= 4 is 32.6 Å². The van der Waals surface area contributed by atoms with Crippen LogP contribution in [0.5, 0.6) is 0 Å². The summed E-state index contributed by atoms with van der Waals surface area (Å²) >= 11 is 1.48. The number of piperidine rings is 1. The number of carbonyl (C=O) groups excluding carboxylic acids is 1. The van der Waals surface area contributed by atoms with E-state index in [-0.39, 0.29) is 12.5 Å². The average Bonchev–Trinajstić information content (AvgIpc) is 3.07. The molecule has 4 rings (SSSR count). The van der Waals surface area contributed by atoms with E-state index >= 15 is 0 Å². The molecule has 1 amide bonds. The fraction of sp³-hybridized carbons (Fsp3) is 0.333. The molecule has 1 fully saturated rings. The van der Waals surface area contributed by atoms with Crippen molar-refractivity contribution in [3.8, 4) is 11.1 Å². The monoisotopic (exact) mass is 381 g/mol. The lowest BCUT2D eigenvalue weighted by atomic mass is 9.93. The molecule has 140 valence electrons. The molecule has 0 saturated carbocycles.